The Morgan fingerprint density at radius 2 is 1.95 bits per heavy atom. The minimum Gasteiger partial charge on any atom is -0.396 e. The van der Waals surface area contributed by atoms with Crippen LogP contribution in [-0.4, -0.2) is 54.3 Å². The summed E-state index contributed by atoms with van der Waals surface area (Å²) in [4.78, 5) is 9.22. The SMILES string of the molecule is OCCCN1CCN(c2ccnc3cc(Cl)ccc23)CC1. The summed E-state index contributed by atoms with van der Waals surface area (Å²) in [5.74, 6) is 0. The predicted molar refractivity (Wildman–Crippen MR) is 87.1 cm³/mol. The van der Waals surface area contributed by atoms with Gasteiger partial charge in [-0.05, 0) is 30.7 Å². The van der Waals surface area contributed by atoms with Crippen LogP contribution in [0.3, 0.4) is 0 Å². The fourth-order valence-electron chi connectivity index (χ4n) is 2.89. The second-order valence-electron chi connectivity index (χ2n) is 5.40. The van der Waals surface area contributed by atoms with E-state index in [-0.39, 0.29) is 6.61 Å². The Kier molecular flexibility index (Phi) is 4.58. The van der Waals surface area contributed by atoms with Crippen LogP contribution >= 0.6 is 11.6 Å². The first-order valence-corrected chi connectivity index (χ1v) is 7.78. The summed E-state index contributed by atoms with van der Waals surface area (Å²) in [6.07, 6.45) is 2.71. The van der Waals surface area contributed by atoms with Gasteiger partial charge in [0.05, 0.1) is 5.52 Å². The van der Waals surface area contributed by atoms with E-state index in [0.717, 1.165) is 55.1 Å². The van der Waals surface area contributed by atoms with Gasteiger partial charge in [-0.2, -0.15) is 0 Å². The quantitative estimate of drug-likeness (QED) is 0.941. The molecular formula is C16H20ClN3O. The third kappa shape index (κ3) is 3.28. The minimum atomic E-state index is 0.274. The molecule has 1 aliphatic heterocycles. The van der Waals surface area contributed by atoms with Crippen molar-refractivity contribution >= 4 is 28.2 Å². The van der Waals surface area contributed by atoms with E-state index in [9.17, 15) is 0 Å². The molecule has 1 N–H and O–H groups in total. The van der Waals surface area contributed by atoms with Crippen LogP contribution in [0, 0.1) is 0 Å². The third-order valence-corrected chi connectivity index (χ3v) is 4.26. The summed E-state index contributed by atoms with van der Waals surface area (Å²) in [6.45, 7) is 5.35. The lowest BCUT2D eigenvalue weighted by molar-refractivity contribution is 0.216. The number of hydrogen-bond acceptors (Lipinski definition) is 4. The average molecular weight is 306 g/mol. The van der Waals surface area contributed by atoms with Gasteiger partial charge in [0, 0.05) is 61.6 Å². The summed E-state index contributed by atoms with van der Waals surface area (Å²) in [6, 6.07) is 7.97. The van der Waals surface area contributed by atoms with Gasteiger partial charge < -0.3 is 10.0 Å². The van der Waals surface area contributed by atoms with E-state index in [2.05, 4.69) is 26.9 Å². The highest BCUT2D eigenvalue weighted by atomic mass is 35.5. The number of hydrogen-bond donors (Lipinski definition) is 1. The molecule has 112 valence electrons. The van der Waals surface area contributed by atoms with Crippen molar-refractivity contribution in [2.45, 2.75) is 6.42 Å². The number of halogens is 1. The molecule has 1 saturated heterocycles. The van der Waals surface area contributed by atoms with Crippen LogP contribution in [-0.2, 0) is 0 Å². The highest BCUT2D eigenvalue weighted by Crippen LogP contribution is 2.28. The van der Waals surface area contributed by atoms with Gasteiger partial charge in [0.15, 0.2) is 0 Å². The fourth-order valence-corrected chi connectivity index (χ4v) is 3.05. The lowest BCUT2D eigenvalue weighted by Gasteiger charge is -2.36. The summed E-state index contributed by atoms with van der Waals surface area (Å²) in [5, 5.41) is 10.8. The summed E-state index contributed by atoms with van der Waals surface area (Å²) < 4.78 is 0. The Labute approximate surface area is 129 Å². The zero-order chi connectivity index (χ0) is 14.7. The molecule has 21 heavy (non-hydrogen) atoms. The van der Waals surface area contributed by atoms with Crippen LogP contribution in [0.5, 0.6) is 0 Å². The zero-order valence-electron chi connectivity index (χ0n) is 12.0. The van der Waals surface area contributed by atoms with E-state index in [1.54, 1.807) is 0 Å². The topological polar surface area (TPSA) is 39.6 Å². The number of benzene rings is 1. The van der Waals surface area contributed by atoms with Crippen LogP contribution < -0.4 is 4.90 Å². The Morgan fingerprint density at radius 1 is 1.14 bits per heavy atom. The Balaban J connectivity index is 1.76. The summed E-state index contributed by atoms with van der Waals surface area (Å²) in [5.41, 5.74) is 2.18. The van der Waals surface area contributed by atoms with E-state index in [0.29, 0.717) is 0 Å². The monoisotopic (exact) mass is 305 g/mol. The second kappa shape index (κ2) is 6.60. The van der Waals surface area contributed by atoms with Crippen molar-refractivity contribution in [2.24, 2.45) is 0 Å². The molecular weight excluding hydrogens is 286 g/mol. The fraction of sp³-hybridized carbons (Fsp3) is 0.438. The van der Waals surface area contributed by atoms with E-state index >= 15 is 0 Å². The lowest BCUT2D eigenvalue weighted by atomic mass is 10.1. The molecule has 1 aliphatic rings. The van der Waals surface area contributed by atoms with Crippen LogP contribution in [0.25, 0.3) is 10.9 Å². The van der Waals surface area contributed by atoms with Crippen molar-refractivity contribution in [3.63, 3.8) is 0 Å². The number of rotatable bonds is 4. The van der Waals surface area contributed by atoms with Crippen molar-refractivity contribution in [3.05, 3.63) is 35.5 Å². The van der Waals surface area contributed by atoms with Crippen molar-refractivity contribution in [1.82, 2.24) is 9.88 Å². The molecule has 0 atom stereocenters. The minimum absolute atomic E-state index is 0.274. The van der Waals surface area contributed by atoms with Gasteiger partial charge in [-0.25, -0.2) is 0 Å². The van der Waals surface area contributed by atoms with E-state index in [4.69, 9.17) is 16.7 Å². The molecule has 0 bridgehead atoms. The number of aliphatic hydroxyl groups excluding tert-OH is 1. The second-order valence-corrected chi connectivity index (χ2v) is 5.83. The molecule has 0 aliphatic carbocycles. The van der Waals surface area contributed by atoms with Crippen molar-refractivity contribution in [1.29, 1.82) is 0 Å². The highest BCUT2D eigenvalue weighted by Gasteiger charge is 2.18. The smallest absolute Gasteiger partial charge is 0.0737 e. The largest absolute Gasteiger partial charge is 0.396 e. The zero-order valence-corrected chi connectivity index (χ0v) is 12.8. The number of aromatic nitrogens is 1. The highest BCUT2D eigenvalue weighted by molar-refractivity contribution is 6.31. The Hall–Kier alpha value is -1.36. The molecule has 4 nitrogen and oxygen atoms in total. The molecule has 1 aromatic heterocycles. The standard InChI is InChI=1S/C16H20ClN3O/c17-13-2-3-14-15(12-13)18-5-4-16(14)20-9-7-19(8-10-20)6-1-11-21/h2-5,12,21H,1,6-11H2. The molecule has 3 rings (SSSR count). The summed E-state index contributed by atoms with van der Waals surface area (Å²) in [7, 11) is 0. The molecule has 0 radical (unpaired) electrons. The summed E-state index contributed by atoms with van der Waals surface area (Å²) >= 11 is 6.04. The normalized spacial score (nSPS) is 16.6. The molecule has 2 aromatic rings. The van der Waals surface area contributed by atoms with Crippen molar-refractivity contribution in [3.8, 4) is 0 Å². The lowest BCUT2D eigenvalue weighted by Crippen LogP contribution is -2.46. The van der Waals surface area contributed by atoms with Gasteiger partial charge in [0.25, 0.3) is 0 Å². The van der Waals surface area contributed by atoms with Gasteiger partial charge in [-0.3, -0.25) is 9.88 Å². The van der Waals surface area contributed by atoms with E-state index in [1.807, 2.05) is 18.3 Å². The van der Waals surface area contributed by atoms with Crippen LogP contribution in [0.15, 0.2) is 30.5 Å². The first-order valence-electron chi connectivity index (χ1n) is 7.40. The molecule has 0 amide bonds. The molecule has 1 fully saturated rings. The van der Waals surface area contributed by atoms with Gasteiger partial charge in [-0.15, -0.1) is 0 Å². The van der Waals surface area contributed by atoms with Gasteiger partial charge in [0.1, 0.15) is 0 Å². The van der Waals surface area contributed by atoms with E-state index in [1.165, 1.54) is 5.69 Å². The molecule has 0 spiro atoms. The van der Waals surface area contributed by atoms with Gasteiger partial charge in [-0.1, -0.05) is 11.6 Å². The number of nitrogens with zero attached hydrogens (tertiary/aromatic N) is 3. The maximum Gasteiger partial charge on any atom is 0.0737 e. The first kappa shape index (κ1) is 14.6. The predicted octanol–water partition coefficient (Wildman–Crippen LogP) is 2.39. The van der Waals surface area contributed by atoms with E-state index < -0.39 is 0 Å². The number of fused-ring (bicyclic) bond motifs is 1. The first-order chi connectivity index (χ1) is 10.3. The number of aliphatic hydroxyl groups is 1. The van der Waals surface area contributed by atoms with Gasteiger partial charge >= 0.3 is 0 Å². The molecule has 0 saturated carbocycles. The van der Waals surface area contributed by atoms with Crippen molar-refractivity contribution in [2.75, 3.05) is 44.2 Å². The molecule has 1 aromatic carbocycles. The Bertz CT molecular complexity index is 611. The molecule has 0 unspecified atom stereocenters. The maximum atomic E-state index is 8.91. The molecule has 5 heteroatoms. The van der Waals surface area contributed by atoms with Crippen LogP contribution in [0.4, 0.5) is 5.69 Å². The number of anilines is 1. The van der Waals surface area contributed by atoms with Gasteiger partial charge in [0.2, 0.25) is 0 Å². The maximum absolute atomic E-state index is 8.91. The van der Waals surface area contributed by atoms with Crippen molar-refractivity contribution < 1.29 is 5.11 Å². The van der Waals surface area contributed by atoms with Crippen LogP contribution in [0.2, 0.25) is 5.02 Å². The molecule has 2 heterocycles. The van der Waals surface area contributed by atoms with Crippen LogP contribution in [0.1, 0.15) is 6.42 Å². The number of piperazine rings is 1. The average Bonchev–Trinajstić information content (AvgIpc) is 2.52. The Morgan fingerprint density at radius 3 is 2.71 bits per heavy atom. The number of pyridine rings is 1. The third-order valence-electron chi connectivity index (χ3n) is 4.03.